The second-order valence-corrected chi connectivity index (χ2v) is 8.88. The fourth-order valence-electron chi connectivity index (χ4n) is 4.71. The molecule has 4 N–H and O–H groups in total. The molecule has 2 aliphatic heterocycles. The Morgan fingerprint density at radius 2 is 1.83 bits per heavy atom. The molecule has 2 aliphatic rings. The lowest BCUT2D eigenvalue weighted by Crippen LogP contribution is -2.36. The van der Waals surface area contributed by atoms with Crippen LogP contribution in [-0.4, -0.2) is 60.2 Å². The maximum absolute atomic E-state index is 5.64. The molecule has 35 heavy (non-hydrogen) atoms. The summed E-state index contributed by atoms with van der Waals surface area (Å²) in [5.74, 6) is 0.779. The van der Waals surface area contributed by atoms with Crippen molar-refractivity contribution in [1.82, 2.24) is 20.0 Å². The van der Waals surface area contributed by atoms with E-state index in [1.54, 1.807) is 14.2 Å². The van der Waals surface area contributed by atoms with Gasteiger partial charge >= 0.3 is 0 Å². The van der Waals surface area contributed by atoms with Gasteiger partial charge in [-0.15, -0.1) is 0 Å². The third-order valence-corrected chi connectivity index (χ3v) is 6.71. The van der Waals surface area contributed by atoms with E-state index in [2.05, 4.69) is 92.7 Å². The lowest BCUT2D eigenvalue weighted by Gasteiger charge is -2.28. The Morgan fingerprint density at radius 3 is 2.51 bits per heavy atom. The lowest BCUT2D eigenvalue weighted by atomic mass is 10.0. The summed E-state index contributed by atoms with van der Waals surface area (Å²) in [6, 6.07) is 17.5. The van der Waals surface area contributed by atoms with Crippen molar-refractivity contribution in [3.63, 3.8) is 0 Å². The van der Waals surface area contributed by atoms with Crippen molar-refractivity contribution in [2.75, 3.05) is 38.8 Å². The molecule has 0 saturated carbocycles. The van der Waals surface area contributed by atoms with E-state index in [-0.39, 0.29) is 11.7 Å². The molecular formula is C27H35N5O3. The number of rotatable bonds is 7. The summed E-state index contributed by atoms with van der Waals surface area (Å²) in [4.78, 5) is 4.99. The largest absolute Gasteiger partial charge is 0.482 e. The van der Waals surface area contributed by atoms with Crippen molar-refractivity contribution in [3.05, 3.63) is 89.6 Å². The number of hydrogen-bond acceptors (Lipinski definition) is 5. The highest BCUT2D eigenvalue weighted by Gasteiger charge is 2.24. The summed E-state index contributed by atoms with van der Waals surface area (Å²) in [6.07, 6.45) is 6.08. The smallest absolute Gasteiger partial charge is 0.193 e. The van der Waals surface area contributed by atoms with E-state index in [1.807, 2.05) is 6.08 Å². The molecule has 5 rings (SSSR count). The van der Waals surface area contributed by atoms with Crippen LogP contribution in [0.5, 0.6) is 0 Å². The molecule has 1 unspecified atom stereocenters. The van der Waals surface area contributed by atoms with Gasteiger partial charge in [0.1, 0.15) is 6.23 Å². The minimum absolute atomic E-state index is 0. The summed E-state index contributed by atoms with van der Waals surface area (Å²) < 4.78 is 13.1. The van der Waals surface area contributed by atoms with E-state index >= 15 is 0 Å². The molecule has 3 heterocycles. The van der Waals surface area contributed by atoms with Crippen LogP contribution in [0, 0.1) is 0 Å². The lowest BCUT2D eigenvalue weighted by molar-refractivity contribution is 0.0943. The van der Waals surface area contributed by atoms with Crippen molar-refractivity contribution in [2.45, 2.75) is 19.3 Å². The topological polar surface area (TPSA) is 89.2 Å². The van der Waals surface area contributed by atoms with E-state index in [4.69, 9.17) is 9.47 Å². The second-order valence-electron chi connectivity index (χ2n) is 8.88. The maximum atomic E-state index is 5.64. The average Bonchev–Trinajstić information content (AvgIpc) is 3.05. The third kappa shape index (κ3) is 5.30. The molecule has 0 amide bonds. The van der Waals surface area contributed by atoms with Gasteiger partial charge < -0.3 is 30.3 Å². The van der Waals surface area contributed by atoms with E-state index in [0.717, 1.165) is 44.2 Å². The van der Waals surface area contributed by atoms with Crippen molar-refractivity contribution >= 4 is 5.69 Å². The van der Waals surface area contributed by atoms with Crippen LogP contribution in [-0.2, 0) is 29.6 Å². The molecule has 0 aliphatic carbocycles. The fourth-order valence-corrected chi connectivity index (χ4v) is 4.71. The van der Waals surface area contributed by atoms with Crippen LogP contribution >= 0.6 is 0 Å². The first-order valence-corrected chi connectivity index (χ1v) is 11.7. The van der Waals surface area contributed by atoms with Crippen LogP contribution in [0.2, 0.25) is 0 Å². The van der Waals surface area contributed by atoms with Gasteiger partial charge in [0, 0.05) is 57.8 Å². The second kappa shape index (κ2) is 10.9. The van der Waals surface area contributed by atoms with Crippen LogP contribution in [0.3, 0.4) is 0 Å². The van der Waals surface area contributed by atoms with Gasteiger partial charge in [0.25, 0.3) is 0 Å². The molecule has 0 spiro atoms. The van der Waals surface area contributed by atoms with Gasteiger partial charge in [0.05, 0.1) is 19.3 Å². The molecule has 2 aromatic carbocycles. The highest BCUT2D eigenvalue weighted by Crippen LogP contribution is 2.32. The highest BCUT2D eigenvalue weighted by atomic mass is 16.5. The number of anilines is 1. The van der Waals surface area contributed by atoms with Crippen LogP contribution in [0.4, 0.5) is 5.69 Å². The maximum Gasteiger partial charge on any atom is 0.193 e. The molecule has 0 fully saturated rings. The minimum atomic E-state index is -0.158. The van der Waals surface area contributed by atoms with Crippen LogP contribution in [0.1, 0.15) is 11.3 Å². The van der Waals surface area contributed by atoms with E-state index in [0.29, 0.717) is 0 Å². The average molecular weight is 478 g/mol. The van der Waals surface area contributed by atoms with Gasteiger partial charge in [-0.3, -0.25) is 9.58 Å². The molecule has 1 atom stereocenters. The normalized spacial score (nSPS) is 18.0. The van der Waals surface area contributed by atoms with Crippen molar-refractivity contribution < 1.29 is 14.9 Å². The number of nitrogens with zero attached hydrogens (tertiary/aromatic N) is 3. The van der Waals surface area contributed by atoms with Crippen LogP contribution in [0.15, 0.2) is 78.3 Å². The molecule has 186 valence electrons. The monoisotopic (exact) mass is 477 g/mol. The SMILES string of the molecule is COC1=C(CN2CCN(Cc3c[nH]n3C)c3ccc(-c4ccccc4)cc3C2)C=CC(OC)N1.O. The standard InChI is InChI=1S/C27H33N5O2.H2O/c1-30-24(16-28-30)19-32-14-13-31(17-22-10-12-26(33-2)29-27(22)34-3)18-23-15-21(9-11-25(23)32)20-7-5-4-6-8-20;/h4-12,15-16,26,28-29H,13-14,17-19H2,1-3H3;1H2. The number of ether oxygens (including phenoxy) is 2. The molecule has 3 aromatic rings. The number of aromatic amines is 1. The number of H-pyrrole nitrogens is 1. The molecule has 0 saturated heterocycles. The first-order chi connectivity index (χ1) is 16.6. The van der Waals surface area contributed by atoms with Crippen molar-refractivity contribution in [1.29, 1.82) is 0 Å². The first-order valence-electron chi connectivity index (χ1n) is 11.7. The van der Waals surface area contributed by atoms with Gasteiger partial charge in [-0.2, -0.15) is 0 Å². The van der Waals surface area contributed by atoms with E-state index in [1.165, 1.54) is 28.1 Å². The highest BCUT2D eigenvalue weighted by molar-refractivity contribution is 5.69. The van der Waals surface area contributed by atoms with Gasteiger partial charge in [-0.05, 0) is 34.9 Å². The number of hydrogen-bond donors (Lipinski definition) is 2. The van der Waals surface area contributed by atoms with Crippen LogP contribution in [0.25, 0.3) is 11.1 Å². The molecule has 0 radical (unpaired) electrons. The van der Waals surface area contributed by atoms with E-state index < -0.39 is 0 Å². The Hall–Kier alpha value is -3.46. The zero-order valence-corrected chi connectivity index (χ0v) is 20.6. The molecule has 1 aromatic heterocycles. The number of methoxy groups -OCH3 is 2. The van der Waals surface area contributed by atoms with Gasteiger partial charge in [-0.1, -0.05) is 42.5 Å². The predicted octanol–water partition coefficient (Wildman–Crippen LogP) is 3.01. The van der Waals surface area contributed by atoms with Crippen molar-refractivity contribution in [2.24, 2.45) is 7.05 Å². The molecule has 0 bridgehead atoms. The zero-order chi connectivity index (χ0) is 23.5. The Morgan fingerprint density at radius 1 is 1.00 bits per heavy atom. The van der Waals surface area contributed by atoms with Gasteiger partial charge in [-0.25, -0.2) is 0 Å². The number of aryl methyl sites for hydroxylation is 1. The summed E-state index contributed by atoms with van der Waals surface area (Å²) >= 11 is 0. The Kier molecular flexibility index (Phi) is 7.65. The zero-order valence-electron chi connectivity index (χ0n) is 20.6. The third-order valence-electron chi connectivity index (χ3n) is 6.71. The summed E-state index contributed by atoms with van der Waals surface area (Å²) in [7, 11) is 5.46. The quantitative estimate of drug-likeness (QED) is 0.546. The molecule has 8 nitrogen and oxygen atoms in total. The molecule has 8 heteroatoms. The fraction of sp³-hybridized carbons (Fsp3) is 0.333. The Balaban J connectivity index is 0.00000289. The predicted molar refractivity (Wildman–Crippen MR) is 139 cm³/mol. The van der Waals surface area contributed by atoms with E-state index in [9.17, 15) is 0 Å². The van der Waals surface area contributed by atoms with Crippen LogP contribution < -0.4 is 10.2 Å². The number of aromatic nitrogens is 2. The first kappa shape index (κ1) is 24.7. The van der Waals surface area contributed by atoms with Crippen molar-refractivity contribution in [3.8, 4) is 11.1 Å². The Labute approximate surface area is 206 Å². The van der Waals surface area contributed by atoms with Gasteiger partial charge in [0.15, 0.2) is 5.88 Å². The summed E-state index contributed by atoms with van der Waals surface area (Å²) in [5.41, 5.74) is 7.57. The Bertz CT molecular complexity index is 1180. The number of benzene rings is 2. The number of dihydropyridines is 1. The number of fused-ring (bicyclic) bond motifs is 1. The molecular weight excluding hydrogens is 442 g/mol. The van der Waals surface area contributed by atoms with Gasteiger partial charge in [0.2, 0.25) is 0 Å². The summed E-state index contributed by atoms with van der Waals surface area (Å²) in [6.45, 7) is 4.48. The minimum Gasteiger partial charge on any atom is -0.482 e. The summed E-state index contributed by atoms with van der Waals surface area (Å²) in [5, 5.41) is 6.49. The number of nitrogens with one attached hydrogen (secondary N) is 2.